The maximum atomic E-state index is 10.1. The summed E-state index contributed by atoms with van der Waals surface area (Å²) in [5.41, 5.74) is 8.47. The highest BCUT2D eigenvalue weighted by Gasteiger charge is 2.16. The SMILES string of the molecule is N#Cc1cc(-c2cccc(-c3ccccc3)n2)cc(-c2ccccc2)c1-c1ccccc1. The zero-order valence-electron chi connectivity index (χ0n) is 17.4. The number of pyridine rings is 1. The topological polar surface area (TPSA) is 36.7 Å². The summed E-state index contributed by atoms with van der Waals surface area (Å²) in [6.45, 7) is 0. The van der Waals surface area contributed by atoms with Gasteiger partial charge in [0.2, 0.25) is 0 Å². The van der Waals surface area contributed by atoms with Crippen LogP contribution in [-0.4, -0.2) is 4.98 Å². The molecule has 1 aromatic heterocycles. The molecular formula is C30H20N2. The molecule has 0 fully saturated rings. The molecule has 5 rings (SSSR count). The van der Waals surface area contributed by atoms with Gasteiger partial charge in [-0.2, -0.15) is 5.26 Å². The van der Waals surface area contributed by atoms with Gasteiger partial charge in [0.25, 0.3) is 0 Å². The average molecular weight is 409 g/mol. The first kappa shape index (κ1) is 19.5. The molecule has 0 bridgehead atoms. The van der Waals surface area contributed by atoms with E-state index in [-0.39, 0.29) is 0 Å². The molecule has 0 aliphatic rings. The van der Waals surface area contributed by atoms with Crippen LogP contribution in [0.3, 0.4) is 0 Å². The average Bonchev–Trinajstić information content (AvgIpc) is 2.89. The lowest BCUT2D eigenvalue weighted by Crippen LogP contribution is -1.94. The second-order valence-corrected chi connectivity index (χ2v) is 7.56. The standard InChI is InChI=1S/C30H20N2/c31-21-26-19-25(29-18-10-17-28(32-29)23-13-6-2-7-14-23)20-27(22-11-4-1-5-12-22)30(26)24-15-8-3-9-16-24/h1-20H. The Kier molecular flexibility index (Phi) is 5.31. The molecule has 4 aromatic carbocycles. The van der Waals surface area contributed by atoms with Gasteiger partial charge in [0.15, 0.2) is 0 Å². The van der Waals surface area contributed by atoms with E-state index >= 15 is 0 Å². The summed E-state index contributed by atoms with van der Waals surface area (Å²) in [6.07, 6.45) is 0. The molecule has 0 atom stereocenters. The van der Waals surface area contributed by atoms with Crippen molar-refractivity contribution in [1.29, 1.82) is 5.26 Å². The third kappa shape index (κ3) is 3.80. The van der Waals surface area contributed by atoms with Gasteiger partial charge in [-0.05, 0) is 41.0 Å². The number of rotatable bonds is 4. The van der Waals surface area contributed by atoms with Crippen molar-refractivity contribution in [3.8, 4) is 50.8 Å². The smallest absolute Gasteiger partial charge is 0.0998 e. The Bertz CT molecular complexity index is 1400. The molecule has 2 heteroatoms. The van der Waals surface area contributed by atoms with Crippen molar-refractivity contribution in [1.82, 2.24) is 4.98 Å². The number of nitriles is 1. The first-order valence-electron chi connectivity index (χ1n) is 10.6. The summed E-state index contributed by atoms with van der Waals surface area (Å²) >= 11 is 0. The van der Waals surface area contributed by atoms with Gasteiger partial charge in [0.05, 0.1) is 23.0 Å². The molecule has 32 heavy (non-hydrogen) atoms. The van der Waals surface area contributed by atoms with Crippen LogP contribution >= 0.6 is 0 Å². The normalized spacial score (nSPS) is 10.5. The second kappa shape index (κ2) is 8.71. The third-order valence-corrected chi connectivity index (χ3v) is 5.52. The summed E-state index contributed by atoms with van der Waals surface area (Å²) in [5, 5.41) is 10.1. The van der Waals surface area contributed by atoms with Crippen molar-refractivity contribution >= 4 is 0 Å². The van der Waals surface area contributed by atoms with Crippen molar-refractivity contribution < 1.29 is 0 Å². The van der Waals surface area contributed by atoms with Gasteiger partial charge in [-0.3, -0.25) is 0 Å². The van der Waals surface area contributed by atoms with Crippen LogP contribution in [0.2, 0.25) is 0 Å². The van der Waals surface area contributed by atoms with E-state index in [1.165, 1.54) is 0 Å². The van der Waals surface area contributed by atoms with E-state index in [2.05, 4.69) is 48.5 Å². The molecule has 2 nitrogen and oxygen atoms in total. The highest BCUT2D eigenvalue weighted by molar-refractivity contribution is 5.90. The Hall–Kier alpha value is -4.48. The molecular weight excluding hydrogens is 388 g/mol. The van der Waals surface area contributed by atoms with Crippen LogP contribution in [0.1, 0.15) is 5.56 Å². The Morgan fingerprint density at radius 2 is 1.03 bits per heavy atom. The van der Waals surface area contributed by atoms with Crippen molar-refractivity contribution in [2.24, 2.45) is 0 Å². The molecule has 0 spiro atoms. The van der Waals surface area contributed by atoms with Gasteiger partial charge in [0, 0.05) is 16.7 Å². The Balaban J connectivity index is 1.73. The van der Waals surface area contributed by atoms with E-state index in [4.69, 9.17) is 4.98 Å². The van der Waals surface area contributed by atoms with Crippen LogP contribution in [0.4, 0.5) is 0 Å². The maximum Gasteiger partial charge on any atom is 0.0998 e. The zero-order chi connectivity index (χ0) is 21.8. The Labute approximate surface area is 188 Å². The van der Waals surface area contributed by atoms with Gasteiger partial charge in [-0.1, -0.05) is 97.1 Å². The van der Waals surface area contributed by atoms with E-state index in [1.54, 1.807) is 0 Å². The molecule has 0 radical (unpaired) electrons. The van der Waals surface area contributed by atoms with E-state index in [0.29, 0.717) is 5.56 Å². The number of hydrogen-bond acceptors (Lipinski definition) is 2. The van der Waals surface area contributed by atoms with Gasteiger partial charge >= 0.3 is 0 Å². The highest BCUT2D eigenvalue weighted by atomic mass is 14.7. The number of nitrogens with zero attached hydrogens (tertiary/aromatic N) is 2. The molecule has 0 saturated heterocycles. The summed E-state index contributed by atoms with van der Waals surface area (Å²) in [7, 11) is 0. The van der Waals surface area contributed by atoms with E-state index < -0.39 is 0 Å². The molecule has 5 aromatic rings. The first-order chi connectivity index (χ1) is 15.8. The van der Waals surface area contributed by atoms with Crippen LogP contribution in [0.25, 0.3) is 44.8 Å². The molecule has 0 amide bonds. The number of benzene rings is 4. The van der Waals surface area contributed by atoms with Gasteiger partial charge in [-0.25, -0.2) is 4.98 Å². The molecule has 1 heterocycles. The van der Waals surface area contributed by atoms with Crippen molar-refractivity contribution in [2.75, 3.05) is 0 Å². The van der Waals surface area contributed by atoms with Gasteiger partial charge in [-0.15, -0.1) is 0 Å². The maximum absolute atomic E-state index is 10.1. The fraction of sp³-hybridized carbons (Fsp3) is 0. The van der Waals surface area contributed by atoms with Crippen LogP contribution < -0.4 is 0 Å². The highest BCUT2D eigenvalue weighted by Crippen LogP contribution is 2.38. The fourth-order valence-corrected chi connectivity index (χ4v) is 4.00. The van der Waals surface area contributed by atoms with Crippen molar-refractivity contribution in [3.05, 3.63) is 127 Å². The predicted molar refractivity (Wildman–Crippen MR) is 131 cm³/mol. The van der Waals surface area contributed by atoms with E-state index in [9.17, 15) is 5.26 Å². The largest absolute Gasteiger partial charge is 0.248 e. The van der Waals surface area contributed by atoms with Crippen LogP contribution in [-0.2, 0) is 0 Å². The predicted octanol–water partition coefficient (Wildman–Crippen LogP) is 7.62. The van der Waals surface area contributed by atoms with Crippen LogP contribution in [0.15, 0.2) is 121 Å². The lowest BCUT2D eigenvalue weighted by atomic mass is 9.88. The molecule has 0 N–H and O–H groups in total. The number of hydrogen-bond donors (Lipinski definition) is 0. The van der Waals surface area contributed by atoms with Gasteiger partial charge in [0.1, 0.15) is 0 Å². The number of aromatic nitrogens is 1. The minimum absolute atomic E-state index is 0.638. The van der Waals surface area contributed by atoms with E-state index in [0.717, 1.165) is 44.8 Å². The lowest BCUT2D eigenvalue weighted by Gasteiger charge is -2.15. The minimum Gasteiger partial charge on any atom is -0.248 e. The quantitative estimate of drug-likeness (QED) is 0.307. The Morgan fingerprint density at radius 3 is 1.62 bits per heavy atom. The Morgan fingerprint density at radius 1 is 0.500 bits per heavy atom. The molecule has 0 unspecified atom stereocenters. The van der Waals surface area contributed by atoms with E-state index in [1.807, 2.05) is 78.9 Å². The van der Waals surface area contributed by atoms with Crippen molar-refractivity contribution in [3.63, 3.8) is 0 Å². The van der Waals surface area contributed by atoms with Gasteiger partial charge < -0.3 is 0 Å². The molecule has 0 aliphatic carbocycles. The van der Waals surface area contributed by atoms with Crippen LogP contribution in [0, 0.1) is 11.3 Å². The third-order valence-electron chi connectivity index (χ3n) is 5.52. The van der Waals surface area contributed by atoms with Crippen LogP contribution in [0.5, 0.6) is 0 Å². The summed E-state index contributed by atoms with van der Waals surface area (Å²) < 4.78 is 0. The lowest BCUT2D eigenvalue weighted by molar-refractivity contribution is 1.32. The fourth-order valence-electron chi connectivity index (χ4n) is 4.00. The molecule has 150 valence electrons. The molecule has 0 aliphatic heterocycles. The van der Waals surface area contributed by atoms with Crippen molar-refractivity contribution in [2.45, 2.75) is 0 Å². The summed E-state index contributed by atoms with van der Waals surface area (Å²) in [5.74, 6) is 0. The summed E-state index contributed by atoms with van der Waals surface area (Å²) in [6, 6.07) is 43.0. The summed E-state index contributed by atoms with van der Waals surface area (Å²) in [4.78, 5) is 4.92. The minimum atomic E-state index is 0.638. The monoisotopic (exact) mass is 408 g/mol. The zero-order valence-corrected chi connectivity index (χ0v) is 17.4. The molecule has 0 saturated carbocycles. The first-order valence-corrected chi connectivity index (χ1v) is 10.6. The second-order valence-electron chi connectivity index (χ2n) is 7.56.